The molecule has 0 amide bonds. The number of carbonyl (C=O) groups excluding carboxylic acids is 1. The lowest BCUT2D eigenvalue weighted by atomic mass is 9.76. The summed E-state index contributed by atoms with van der Waals surface area (Å²) < 4.78 is 0. The fraction of sp³-hybridized carbons (Fsp3) is 0.214. The van der Waals surface area contributed by atoms with Crippen LogP contribution < -0.4 is 5.32 Å². The number of hydrogen-bond acceptors (Lipinski definition) is 3. The van der Waals surface area contributed by atoms with Crippen molar-refractivity contribution in [3.8, 4) is 11.3 Å². The zero-order chi connectivity index (χ0) is 22.1. The lowest BCUT2D eigenvalue weighted by Gasteiger charge is -2.28. The van der Waals surface area contributed by atoms with Crippen LogP contribution in [0.3, 0.4) is 0 Å². The van der Waals surface area contributed by atoms with E-state index in [1.165, 1.54) is 11.1 Å². The average Bonchev–Trinajstić information content (AvgIpc) is 3.13. The maximum absolute atomic E-state index is 13.1. The van der Waals surface area contributed by atoms with Gasteiger partial charge < -0.3 is 10.3 Å². The molecule has 0 aliphatic heterocycles. The van der Waals surface area contributed by atoms with Crippen LogP contribution in [-0.2, 0) is 12.8 Å². The van der Waals surface area contributed by atoms with E-state index in [9.17, 15) is 4.79 Å². The molecule has 0 radical (unpaired) electrons. The first-order valence-corrected chi connectivity index (χ1v) is 11.1. The maximum atomic E-state index is 13.1. The van der Waals surface area contributed by atoms with Gasteiger partial charge in [-0.05, 0) is 53.6 Å². The zero-order valence-corrected chi connectivity index (χ0v) is 18.5. The summed E-state index contributed by atoms with van der Waals surface area (Å²) in [6.45, 7) is 4.30. The third kappa shape index (κ3) is 4.09. The lowest BCUT2D eigenvalue weighted by Crippen LogP contribution is -2.26. The first kappa shape index (κ1) is 20.3. The van der Waals surface area contributed by atoms with Crippen molar-refractivity contribution in [3.05, 3.63) is 102 Å². The third-order valence-corrected chi connectivity index (χ3v) is 6.09. The van der Waals surface area contributed by atoms with Gasteiger partial charge in [0, 0.05) is 35.8 Å². The molecule has 0 saturated carbocycles. The fourth-order valence-corrected chi connectivity index (χ4v) is 4.60. The molecule has 2 aromatic carbocycles. The van der Waals surface area contributed by atoms with Gasteiger partial charge in [0.1, 0.15) is 0 Å². The van der Waals surface area contributed by atoms with Crippen LogP contribution in [0.2, 0.25) is 0 Å². The van der Waals surface area contributed by atoms with Crippen molar-refractivity contribution in [2.45, 2.75) is 33.1 Å². The summed E-state index contributed by atoms with van der Waals surface area (Å²) in [6, 6.07) is 22.9. The van der Waals surface area contributed by atoms with Crippen molar-refractivity contribution in [1.29, 1.82) is 0 Å². The molecule has 0 saturated heterocycles. The highest BCUT2D eigenvalue weighted by atomic mass is 16.1. The lowest BCUT2D eigenvalue weighted by molar-refractivity contribution is 0.0912. The van der Waals surface area contributed by atoms with Crippen molar-refractivity contribution >= 4 is 17.2 Å². The smallest absolute Gasteiger partial charge is 0.167 e. The van der Waals surface area contributed by atoms with E-state index in [2.05, 4.69) is 77.7 Å². The monoisotopic (exact) mass is 421 g/mol. The number of fused-ring (bicyclic) bond motifs is 1. The Labute approximate surface area is 188 Å². The largest absolute Gasteiger partial charge is 0.356 e. The number of H-pyrrole nitrogens is 1. The molecule has 0 bridgehead atoms. The number of aromatic nitrogens is 2. The molecule has 0 unspecified atom stereocenters. The summed E-state index contributed by atoms with van der Waals surface area (Å²) in [5, 5.41) is 3.56. The number of rotatable bonds is 5. The van der Waals surface area contributed by atoms with Gasteiger partial charge in [-0.25, -0.2) is 0 Å². The third-order valence-electron chi connectivity index (χ3n) is 6.09. The van der Waals surface area contributed by atoms with E-state index in [0.717, 1.165) is 46.7 Å². The number of hydrogen-bond donors (Lipinski definition) is 2. The van der Waals surface area contributed by atoms with Crippen LogP contribution >= 0.6 is 0 Å². The molecule has 160 valence electrons. The summed E-state index contributed by atoms with van der Waals surface area (Å²) >= 11 is 0. The molecule has 0 spiro atoms. The van der Waals surface area contributed by atoms with Crippen LogP contribution in [0, 0.1) is 5.41 Å². The molecule has 32 heavy (non-hydrogen) atoms. The van der Waals surface area contributed by atoms with Gasteiger partial charge >= 0.3 is 0 Å². The minimum atomic E-state index is -0.0409. The van der Waals surface area contributed by atoms with Gasteiger partial charge in [-0.1, -0.05) is 56.3 Å². The van der Waals surface area contributed by atoms with Crippen molar-refractivity contribution < 1.29 is 4.79 Å². The summed E-state index contributed by atoms with van der Waals surface area (Å²) in [5.41, 5.74) is 8.11. The minimum Gasteiger partial charge on any atom is -0.356 e. The first-order valence-electron chi connectivity index (χ1n) is 11.1. The van der Waals surface area contributed by atoms with E-state index in [-0.39, 0.29) is 11.2 Å². The summed E-state index contributed by atoms with van der Waals surface area (Å²) in [5.74, 6) is 0.191. The van der Waals surface area contributed by atoms with Crippen molar-refractivity contribution in [3.63, 3.8) is 0 Å². The van der Waals surface area contributed by atoms with Gasteiger partial charge in [0.25, 0.3) is 0 Å². The van der Waals surface area contributed by atoms with E-state index in [1.54, 1.807) is 12.4 Å². The Kier molecular flexibility index (Phi) is 5.14. The van der Waals surface area contributed by atoms with Crippen molar-refractivity contribution in [2.24, 2.45) is 5.41 Å². The van der Waals surface area contributed by atoms with Crippen LogP contribution in [0.5, 0.6) is 0 Å². The molecular formula is C28H27N3O. The Morgan fingerprint density at radius 1 is 0.906 bits per heavy atom. The fourth-order valence-electron chi connectivity index (χ4n) is 4.60. The van der Waals surface area contributed by atoms with E-state index in [4.69, 9.17) is 0 Å². The Bertz CT molecular complexity index is 1240. The van der Waals surface area contributed by atoms with Crippen LogP contribution in [0.4, 0.5) is 11.4 Å². The van der Waals surface area contributed by atoms with E-state index >= 15 is 0 Å². The summed E-state index contributed by atoms with van der Waals surface area (Å²) in [7, 11) is 0. The molecular weight excluding hydrogens is 394 g/mol. The SMILES string of the molecule is CC1(C)CC(=O)c2c([nH]c(-c3ccncc3)c2Nc2ccc(Cc3ccccc3)cc2)C1. The number of aromatic amines is 1. The number of Topliss-reactive ketones (excluding diaryl/α,β-unsaturated/α-hetero) is 1. The highest BCUT2D eigenvalue weighted by molar-refractivity contribution is 6.07. The van der Waals surface area contributed by atoms with Gasteiger partial charge in [0.15, 0.2) is 5.78 Å². The van der Waals surface area contributed by atoms with Crippen molar-refractivity contribution in [2.75, 3.05) is 5.32 Å². The van der Waals surface area contributed by atoms with Crippen LogP contribution in [0.1, 0.15) is 47.4 Å². The zero-order valence-electron chi connectivity index (χ0n) is 18.5. The van der Waals surface area contributed by atoms with E-state index in [0.29, 0.717) is 6.42 Å². The maximum Gasteiger partial charge on any atom is 0.167 e. The number of carbonyl (C=O) groups is 1. The van der Waals surface area contributed by atoms with Crippen LogP contribution in [0.25, 0.3) is 11.3 Å². The second-order valence-electron chi connectivity index (χ2n) is 9.39. The molecule has 2 aromatic heterocycles. The molecule has 5 rings (SSSR count). The molecule has 4 nitrogen and oxygen atoms in total. The summed E-state index contributed by atoms with van der Waals surface area (Å²) in [6.07, 6.45) is 5.87. The molecule has 2 heterocycles. The molecule has 0 atom stereocenters. The van der Waals surface area contributed by atoms with Gasteiger partial charge in [-0.2, -0.15) is 0 Å². The summed E-state index contributed by atoms with van der Waals surface area (Å²) in [4.78, 5) is 20.8. The first-order chi connectivity index (χ1) is 15.5. The quantitative estimate of drug-likeness (QED) is 0.383. The highest BCUT2D eigenvalue weighted by Crippen LogP contribution is 2.43. The van der Waals surface area contributed by atoms with Crippen LogP contribution in [0.15, 0.2) is 79.1 Å². The Balaban J connectivity index is 1.49. The molecule has 1 aliphatic rings. The second-order valence-corrected chi connectivity index (χ2v) is 9.39. The molecule has 4 heteroatoms. The Morgan fingerprint density at radius 2 is 1.59 bits per heavy atom. The van der Waals surface area contributed by atoms with Gasteiger partial charge in [-0.3, -0.25) is 9.78 Å². The molecule has 1 aliphatic carbocycles. The average molecular weight is 422 g/mol. The highest BCUT2D eigenvalue weighted by Gasteiger charge is 2.35. The number of pyridine rings is 1. The standard InChI is InChI=1S/C28H27N3O/c1-28(2)17-23-25(24(32)18-28)27(26(31-23)21-12-14-29-15-13-21)30-22-10-8-20(9-11-22)16-19-6-4-3-5-7-19/h3-15,30-31H,16-18H2,1-2H3. The predicted octanol–water partition coefficient (Wildman–Crippen LogP) is 6.57. The van der Waals surface area contributed by atoms with Gasteiger partial charge in [0.2, 0.25) is 0 Å². The number of anilines is 2. The van der Waals surface area contributed by atoms with Crippen LogP contribution in [-0.4, -0.2) is 15.8 Å². The number of nitrogens with zero attached hydrogens (tertiary/aromatic N) is 1. The number of ketones is 1. The van der Waals surface area contributed by atoms with Gasteiger partial charge in [-0.15, -0.1) is 0 Å². The Morgan fingerprint density at radius 3 is 2.31 bits per heavy atom. The van der Waals surface area contributed by atoms with Gasteiger partial charge in [0.05, 0.1) is 16.9 Å². The van der Waals surface area contributed by atoms with E-state index in [1.807, 2.05) is 18.2 Å². The minimum absolute atomic E-state index is 0.0409. The number of benzene rings is 2. The topological polar surface area (TPSA) is 57.8 Å². The molecule has 2 N–H and O–H groups in total. The number of nitrogens with one attached hydrogen (secondary N) is 2. The molecule has 4 aromatic rings. The Hall–Kier alpha value is -3.66. The predicted molar refractivity (Wildman–Crippen MR) is 129 cm³/mol. The molecule has 0 fully saturated rings. The van der Waals surface area contributed by atoms with E-state index < -0.39 is 0 Å². The normalized spacial score (nSPS) is 14.8. The van der Waals surface area contributed by atoms with Crippen molar-refractivity contribution in [1.82, 2.24) is 9.97 Å². The second kappa shape index (κ2) is 8.12.